The van der Waals surface area contributed by atoms with Gasteiger partial charge in [-0.05, 0) is 42.3 Å². The molecule has 0 radical (unpaired) electrons. The Hall–Kier alpha value is -2.91. The Kier molecular flexibility index (Phi) is 6.18. The molecule has 3 aromatic rings. The molecule has 0 amide bonds. The Balaban J connectivity index is 1.50. The fourth-order valence-corrected chi connectivity index (χ4v) is 2.69. The van der Waals surface area contributed by atoms with Crippen LogP contribution in [0.25, 0.3) is 0 Å². The van der Waals surface area contributed by atoms with Crippen molar-refractivity contribution in [1.82, 2.24) is 5.32 Å². The number of nitrogens with one attached hydrogen (secondary N) is 1. The Morgan fingerprint density at radius 1 is 0.885 bits per heavy atom. The number of hydrogen-bond acceptors (Lipinski definition) is 3. The first kappa shape index (κ1) is 17.9. The van der Waals surface area contributed by atoms with Crippen LogP contribution in [0.15, 0.2) is 84.9 Å². The molecule has 0 aliphatic carbocycles. The molecule has 3 heteroatoms. The smallest absolute Gasteiger partial charge is 0.176 e. The summed E-state index contributed by atoms with van der Waals surface area (Å²) in [5.74, 6) is 0.832. The molecule has 0 saturated heterocycles. The van der Waals surface area contributed by atoms with Crippen molar-refractivity contribution in [2.75, 3.05) is 6.54 Å². The van der Waals surface area contributed by atoms with Crippen molar-refractivity contribution in [2.24, 2.45) is 0 Å². The number of carbonyl (C=O) groups excluding carboxylic acids is 1. The molecule has 0 fully saturated rings. The fourth-order valence-electron chi connectivity index (χ4n) is 2.69. The SMILES string of the molecule is CC(NCC(=O)c1ccc(OCc2ccccc2)cc1)c1ccccc1. The molecule has 0 aliphatic rings. The molecular weight excluding hydrogens is 322 g/mol. The molecule has 0 heterocycles. The standard InChI is InChI=1S/C23H23NO2/c1-18(20-10-6-3-7-11-20)24-16-23(25)21-12-14-22(15-13-21)26-17-19-8-4-2-5-9-19/h2-15,18,24H,16-17H2,1H3. The lowest BCUT2D eigenvalue weighted by Gasteiger charge is -2.13. The largest absolute Gasteiger partial charge is 0.489 e. The van der Waals surface area contributed by atoms with Gasteiger partial charge in [0.1, 0.15) is 12.4 Å². The van der Waals surface area contributed by atoms with Crippen LogP contribution in [0.1, 0.15) is 34.5 Å². The highest BCUT2D eigenvalue weighted by atomic mass is 16.5. The van der Waals surface area contributed by atoms with Gasteiger partial charge in [0, 0.05) is 11.6 Å². The summed E-state index contributed by atoms with van der Waals surface area (Å²) in [5.41, 5.74) is 2.97. The van der Waals surface area contributed by atoms with Gasteiger partial charge in [0.05, 0.1) is 6.54 Å². The maximum absolute atomic E-state index is 12.4. The third kappa shape index (κ3) is 5.04. The summed E-state index contributed by atoms with van der Waals surface area (Å²) in [6.07, 6.45) is 0. The van der Waals surface area contributed by atoms with E-state index in [-0.39, 0.29) is 11.8 Å². The van der Waals surface area contributed by atoms with Crippen molar-refractivity contribution in [3.63, 3.8) is 0 Å². The van der Waals surface area contributed by atoms with E-state index in [0.29, 0.717) is 18.7 Å². The van der Waals surface area contributed by atoms with Gasteiger partial charge >= 0.3 is 0 Å². The first-order chi connectivity index (χ1) is 12.7. The third-order valence-electron chi connectivity index (χ3n) is 4.29. The molecule has 0 aromatic heterocycles. The quantitative estimate of drug-likeness (QED) is 0.596. The molecule has 3 aromatic carbocycles. The van der Waals surface area contributed by atoms with Crippen LogP contribution < -0.4 is 10.1 Å². The Labute approximate surface area is 154 Å². The third-order valence-corrected chi connectivity index (χ3v) is 4.29. The topological polar surface area (TPSA) is 38.3 Å². The van der Waals surface area contributed by atoms with Crippen LogP contribution in [0.4, 0.5) is 0 Å². The number of hydrogen-bond donors (Lipinski definition) is 1. The minimum atomic E-state index is 0.0717. The van der Waals surface area contributed by atoms with Crippen LogP contribution in [-0.4, -0.2) is 12.3 Å². The van der Waals surface area contributed by atoms with Crippen molar-refractivity contribution in [2.45, 2.75) is 19.6 Å². The number of rotatable bonds is 8. The average Bonchev–Trinajstić information content (AvgIpc) is 2.72. The van der Waals surface area contributed by atoms with Crippen molar-refractivity contribution in [3.05, 3.63) is 102 Å². The van der Waals surface area contributed by atoms with Gasteiger partial charge in [-0.25, -0.2) is 0 Å². The van der Waals surface area contributed by atoms with E-state index in [9.17, 15) is 4.79 Å². The summed E-state index contributed by atoms with van der Waals surface area (Å²) in [5, 5.41) is 3.28. The molecule has 26 heavy (non-hydrogen) atoms. The molecule has 132 valence electrons. The van der Waals surface area contributed by atoms with Gasteiger partial charge in [0.25, 0.3) is 0 Å². The first-order valence-electron chi connectivity index (χ1n) is 8.81. The van der Waals surface area contributed by atoms with Crippen LogP contribution >= 0.6 is 0 Å². The van der Waals surface area contributed by atoms with Crippen molar-refractivity contribution in [3.8, 4) is 5.75 Å². The highest BCUT2D eigenvalue weighted by molar-refractivity contribution is 5.97. The minimum Gasteiger partial charge on any atom is -0.489 e. The van der Waals surface area contributed by atoms with Crippen LogP contribution in [0.3, 0.4) is 0 Å². The first-order valence-corrected chi connectivity index (χ1v) is 8.81. The van der Waals surface area contributed by atoms with E-state index in [4.69, 9.17) is 4.74 Å². The monoisotopic (exact) mass is 345 g/mol. The zero-order chi connectivity index (χ0) is 18.2. The molecule has 3 nitrogen and oxygen atoms in total. The van der Waals surface area contributed by atoms with Gasteiger partial charge < -0.3 is 10.1 Å². The Morgan fingerprint density at radius 2 is 1.50 bits per heavy atom. The molecule has 0 aliphatic heterocycles. The van der Waals surface area contributed by atoms with Gasteiger partial charge in [-0.15, -0.1) is 0 Å². The maximum atomic E-state index is 12.4. The molecule has 1 N–H and O–H groups in total. The molecule has 0 saturated carbocycles. The van der Waals surface area contributed by atoms with Crippen molar-refractivity contribution < 1.29 is 9.53 Å². The molecule has 0 bridgehead atoms. The van der Waals surface area contributed by atoms with Crippen molar-refractivity contribution >= 4 is 5.78 Å². The predicted octanol–water partition coefficient (Wildman–Crippen LogP) is 4.80. The average molecular weight is 345 g/mol. The predicted molar refractivity (Wildman–Crippen MR) is 104 cm³/mol. The summed E-state index contributed by atoms with van der Waals surface area (Å²) in [4.78, 5) is 12.4. The normalized spacial score (nSPS) is 11.7. The van der Waals surface area contributed by atoms with Gasteiger partial charge in [0.15, 0.2) is 5.78 Å². The summed E-state index contributed by atoms with van der Waals surface area (Å²) < 4.78 is 5.76. The summed E-state index contributed by atoms with van der Waals surface area (Å²) in [6.45, 7) is 2.88. The van der Waals surface area contributed by atoms with E-state index >= 15 is 0 Å². The summed E-state index contributed by atoms with van der Waals surface area (Å²) >= 11 is 0. The second-order valence-corrected chi connectivity index (χ2v) is 6.24. The van der Waals surface area contributed by atoms with E-state index < -0.39 is 0 Å². The van der Waals surface area contributed by atoms with Crippen LogP contribution in [0.2, 0.25) is 0 Å². The Morgan fingerprint density at radius 3 is 2.15 bits per heavy atom. The van der Waals surface area contributed by atoms with E-state index in [0.717, 1.165) is 11.3 Å². The van der Waals surface area contributed by atoms with Crippen LogP contribution in [0.5, 0.6) is 5.75 Å². The number of ether oxygens (including phenoxy) is 1. The summed E-state index contributed by atoms with van der Waals surface area (Å²) in [7, 11) is 0. The lowest BCUT2D eigenvalue weighted by Crippen LogP contribution is -2.26. The maximum Gasteiger partial charge on any atom is 0.176 e. The van der Waals surface area contributed by atoms with Crippen LogP contribution in [0, 0.1) is 0 Å². The van der Waals surface area contributed by atoms with E-state index in [1.54, 1.807) is 0 Å². The van der Waals surface area contributed by atoms with Gasteiger partial charge in [-0.2, -0.15) is 0 Å². The lowest BCUT2D eigenvalue weighted by atomic mass is 10.1. The highest BCUT2D eigenvalue weighted by Gasteiger charge is 2.09. The zero-order valence-electron chi connectivity index (χ0n) is 14.9. The van der Waals surface area contributed by atoms with Gasteiger partial charge in [0.2, 0.25) is 0 Å². The molecule has 0 spiro atoms. The fraction of sp³-hybridized carbons (Fsp3) is 0.174. The number of Topliss-reactive ketones (excluding diaryl/α,β-unsaturated/α-hetero) is 1. The van der Waals surface area contributed by atoms with Crippen molar-refractivity contribution in [1.29, 1.82) is 0 Å². The molecule has 3 rings (SSSR count). The van der Waals surface area contributed by atoms with E-state index in [1.165, 1.54) is 5.56 Å². The zero-order valence-corrected chi connectivity index (χ0v) is 14.9. The molecular formula is C23H23NO2. The van der Waals surface area contributed by atoms with Gasteiger partial charge in [-0.1, -0.05) is 60.7 Å². The Bertz CT molecular complexity index is 814. The van der Waals surface area contributed by atoms with E-state index in [1.807, 2.05) is 72.8 Å². The minimum absolute atomic E-state index is 0.0717. The number of benzene rings is 3. The van der Waals surface area contributed by atoms with E-state index in [2.05, 4.69) is 24.4 Å². The molecule has 1 unspecified atom stereocenters. The molecule has 1 atom stereocenters. The van der Waals surface area contributed by atoms with Crippen LogP contribution in [-0.2, 0) is 6.61 Å². The number of carbonyl (C=O) groups is 1. The number of ketones is 1. The second-order valence-electron chi connectivity index (χ2n) is 6.24. The highest BCUT2D eigenvalue weighted by Crippen LogP contribution is 2.15. The van der Waals surface area contributed by atoms with Gasteiger partial charge in [-0.3, -0.25) is 4.79 Å². The lowest BCUT2D eigenvalue weighted by molar-refractivity contribution is 0.0988. The second kappa shape index (κ2) is 8.97. The summed E-state index contributed by atoms with van der Waals surface area (Å²) in [6, 6.07) is 27.6.